The Bertz CT molecular complexity index is 786. The van der Waals surface area contributed by atoms with Crippen LogP contribution in [-0.2, 0) is 16.8 Å². The summed E-state index contributed by atoms with van der Waals surface area (Å²) in [5.74, 6) is 0.758. The first kappa shape index (κ1) is 24.9. The molecular weight excluding hydrogens is 475 g/mol. The normalized spacial score (nSPS) is 11.6. The topological polar surface area (TPSA) is 65.5 Å². The Morgan fingerprint density at radius 1 is 1.00 bits per heavy atom. The minimum atomic E-state index is -0.0316. The SMILES string of the molecule is CN=C(NCc1ccc(NC(=O)C(C)C)cc1)NCC(C)(C)c1ccccc1.I. The average Bonchev–Trinajstić information content (AvgIpc) is 2.69. The van der Waals surface area contributed by atoms with E-state index in [0.717, 1.165) is 23.8 Å². The Hall–Kier alpha value is -2.09. The van der Waals surface area contributed by atoms with Crippen molar-refractivity contribution in [1.82, 2.24) is 10.6 Å². The third-order valence-corrected chi connectivity index (χ3v) is 4.68. The molecular formula is C23H33IN4O. The zero-order valence-electron chi connectivity index (χ0n) is 18.0. The number of anilines is 1. The highest BCUT2D eigenvalue weighted by Gasteiger charge is 2.20. The number of hydrogen-bond donors (Lipinski definition) is 3. The van der Waals surface area contributed by atoms with Crippen LogP contribution in [0.1, 0.15) is 38.8 Å². The van der Waals surface area contributed by atoms with E-state index in [1.54, 1.807) is 7.05 Å². The van der Waals surface area contributed by atoms with E-state index in [0.29, 0.717) is 6.54 Å². The molecule has 0 fully saturated rings. The van der Waals surface area contributed by atoms with Crippen molar-refractivity contribution in [3.63, 3.8) is 0 Å². The molecule has 1 amide bonds. The standard InChI is InChI=1S/C23H32N4O.HI/c1-17(2)21(28)27-20-13-11-18(12-14-20)15-25-22(24-5)26-16-23(3,4)19-9-7-6-8-10-19;/h6-14,17H,15-16H2,1-5H3,(H,27,28)(H2,24,25,26);1H. The van der Waals surface area contributed by atoms with E-state index in [-0.39, 0.29) is 41.2 Å². The van der Waals surface area contributed by atoms with Gasteiger partial charge in [0.2, 0.25) is 5.91 Å². The molecule has 158 valence electrons. The van der Waals surface area contributed by atoms with Gasteiger partial charge in [-0.1, -0.05) is 70.2 Å². The lowest BCUT2D eigenvalue weighted by atomic mass is 9.85. The number of amides is 1. The summed E-state index contributed by atoms with van der Waals surface area (Å²) in [6.45, 7) is 9.62. The number of nitrogens with one attached hydrogen (secondary N) is 3. The first-order chi connectivity index (χ1) is 13.3. The molecule has 0 radical (unpaired) electrons. The summed E-state index contributed by atoms with van der Waals surface area (Å²) in [6.07, 6.45) is 0. The Kier molecular flexibility index (Phi) is 10.2. The fraction of sp³-hybridized carbons (Fsp3) is 0.391. The van der Waals surface area contributed by atoms with Crippen molar-refractivity contribution >= 4 is 41.5 Å². The zero-order chi connectivity index (χ0) is 20.6. The van der Waals surface area contributed by atoms with Crippen LogP contribution in [0, 0.1) is 5.92 Å². The summed E-state index contributed by atoms with van der Waals surface area (Å²) in [5, 5.41) is 9.65. The van der Waals surface area contributed by atoms with E-state index in [4.69, 9.17) is 0 Å². The Morgan fingerprint density at radius 3 is 2.17 bits per heavy atom. The lowest BCUT2D eigenvalue weighted by Gasteiger charge is -2.26. The van der Waals surface area contributed by atoms with Crippen molar-refractivity contribution in [2.75, 3.05) is 18.9 Å². The van der Waals surface area contributed by atoms with Gasteiger partial charge in [-0.2, -0.15) is 0 Å². The number of carbonyl (C=O) groups excluding carboxylic acids is 1. The van der Waals surface area contributed by atoms with Gasteiger partial charge in [-0.3, -0.25) is 9.79 Å². The number of hydrogen-bond acceptors (Lipinski definition) is 2. The van der Waals surface area contributed by atoms with Gasteiger partial charge in [0.25, 0.3) is 0 Å². The predicted molar refractivity (Wildman–Crippen MR) is 133 cm³/mol. The van der Waals surface area contributed by atoms with Crippen LogP contribution >= 0.6 is 24.0 Å². The maximum Gasteiger partial charge on any atom is 0.226 e. The van der Waals surface area contributed by atoms with E-state index in [9.17, 15) is 4.79 Å². The second-order valence-electron chi connectivity index (χ2n) is 7.87. The molecule has 0 saturated heterocycles. The summed E-state index contributed by atoms with van der Waals surface area (Å²) in [5.41, 5.74) is 3.22. The van der Waals surface area contributed by atoms with Gasteiger partial charge in [0, 0.05) is 37.2 Å². The minimum absolute atomic E-state index is 0. The van der Waals surface area contributed by atoms with Crippen molar-refractivity contribution in [3.05, 3.63) is 65.7 Å². The molecule has 0 aliphatic rings. The van der Waals surface area contributed by atoms with Crippen LogP contribution in [0.4, 0.5) is 5.69 Å². The van der Waals surface area contributed by atoms with Gasteiger partial charge in [-0.25, -0.2) is 0 Å². The van der Waals surface area contributed by atoms with Crippen LogP contribution in [0.25, 0.3) is 0 Å². The summed E-state index contributed by atoms with van der Waals surface area (Å²) in [7, 11) is 1.77. The number of aliphatic imine (C=N–C) groups is 1. The van der Waals surface area contributed by atoms with E-state index in [1.165, 1.54) is 5.56 Å². The fourth-order valence-electron chi connectivity index (χ4n) is 2.70. The van der Waals surface area contributed by atoms with Gasteiger partial charge in [0.15, 0.2) is 5.96 Å². The molecule has 2 aromatic carbocycles. The van der Waals surface area contributed by atoms with Crippen LogP contribution in [0.2, 0.25) is 0 Å². The fourth-order valence-corrected chi connectivity index (χ4v) is 2.70. The second-order valence-corrected chi connectivity index (χ2v) is 7.87. The molecule has 0 bridgehead atoms. The lowest BCUT2D eigenvalue weighted by Crippen LogP contribution is -2.43. The molecule has 0 atom stereocenters. The molecule has 3 N–H and O–H groups in total. The van der Waals surface area contributed by atoms with E-state index < -0.39 is 0 Å². The van der Waals surface area contributed by atoms with Gasteiger partial charge >= 0.3 is 0 Å². The van der Waals surface area contributed by atoms with Crippen molar-refractivity contribution < 1.29 is 4.79 Å². The highest BCUT2D eigenvalue weighted by Crippen LogP contribution is 2.21. The minimum Gasteiger partial charge on any atom is -0.356 e. The third kappa shape index (κ3) is 8.04. The van der Waals surface area contributed by atoms with Crippen LogP contribution in [-0.4, -0.2) is 25.5 Å². The number of halogens is 1. The largest absolute Gasteiger partial charge is 0.356 e. The molecule has 0 saturated carbocycles. The Morgan fingerprint density at radius 2 is 1.62 bits per heavy atom. The molecule has 6 heteroatoms. The molecule has 5 nitrogen and oxygen atoms in total. The number of nitrogens with zero attached hydrogens (tertiary/aromatic N) is 1. The monoisotopic (exact) mass is 508 g/mol. The Balaban J connectivity index is 0.00000420. The molecule has 0 aliphatic carbocycles. The number of carbonyl (C=O) groups is 1. The van der Waals surface area contributed by atoms with E-state index >= 15 is 0 Å². The first-order valence-electron chi connectivity index (χ1n) is 9.71. The van der Waals surface area contributed by atoms with Crippen LogP contribution in [0.15, 0.2) is 59.6 Å². The van der Waals surface area contributed by atoms with Gasteiger partial charge < -0.3 is 16.0 Å². The highest BCUT2D eigenvalue weighted by atomic mass is 127. The molecule has 2 rings (SSSR count). The molecule has 0 aromatic heterocycles. The summed E-state index contributed by atoms with van der Waals surface area (Å²) < 4.78 is 0. The van der Waals surface area contributed by atoms with Crippen molar-refractivity contribution in [2.45, 2.75) is 39.7 Å². The van der Waals surface area contributed by atoms with E-state index in [1.807, 2.05) is 44.2 Å². The summed E-state index contributed by atoms with van der Waals surface area (Å²) in [6, 6.07) is 18.3. The molecule has 0 unspecified atom stereocenters. The summed E-state index contributed by atoms with van der Waals surface area (Å²) >= 11 is 0. The average molecular weight is 508 g/mol. The molecule has 2 aromatic rings. The number of benzene rings is 2. The second kappa shape index (κ2) is 11.8. The molecule has 0 heterocycles. The maximum absolute atomic E-state index is 11.8. The Labute approximate surface area is 191 Å². The van der Waals surface area contributed by atoms with Gasteiger partial charge in [0.05, 0.1) is 0 Å². The smallest absolute Gasteiger partial charge is 0.226 e. The van der Waals surface area contributed by atoms with Crippen molar-refractivity contribution in [2.24, 2.45) is 10.9 Å². The summed E-state index contributed by atoms with van der Waals surface area (Å²) in [4.78, 5) is 16.1. The molecule has 0 aliphatic heterocycles. The van der Waals surface area contributed by atoms with Gasteiger partial charge in [-0.05, 0) is 23.3 Å². The third-order valence-electron chi connectivity index (χ3n) is 4.68. The molecule has 0 spiro atoms. The number of guanidine groups is 1. The van der Waals surface area contributed by atoms with E-state index in [2.05, 4.69) is 59.1 Å². The maximum atomic E-state index is 11.8. The highest BCUT2D eigenvalue weighted by molar-refractivity contribution is 14.0. The van der Waals surface area contributed by atoms with Crippen molar-refractivity contribution in [1.29, 1.82) is 0 Å². The molecule has 29 heavy (non-hydrogen) atoms. The number of rotatable bonds is 7. The quantitative estimate of drug-likeness (QED) is 0.292. The predicted octanol–water partition coefficient (Wildman–Crippen LogP) is 4.54. The van der Waals surface area contributed by atoms with Crippen LogP contribution < -0.4 is 16.0 Å². The van der Waals surface area contributed by atoms with Crippen LogP contribution in [0.3, 0.4) is 0 Å². The lowest BCUT2D eigenvalue weighted by molar-refractivity contribution is -0.118. The first-order valence-corrected chi connectivity index (χ1v) is 9.71. The van der Waals surface area contributed by atoms with Gasteiger partial charge in [-0.15, -0.1) is 24.0 Å². The van der Waals surface area contributed by atoms with Gasteiger partial charge in [0.1, 0.15) is 0 Å². The zero-order valence-corrected chi connectivity index (χ0v) is 20.3. The van der Waals surface area contributed by atoms with Crippen LogP contribution in [0.5, 0.6) is 0 Å². The van der Waals surface area contributed by atoms with Crippen molar-refractivity contribution in [3.8, 4) is 0 Å².